The minimum absolute atomic E-state index is 0.174. The Labute approximate surface area is 117 Å². The molecule has 0 atom stereocenters. The molecule has 2 N–H and O–H groups in total. The van der Waals surface area contributed by atoms with Crippen LogP contribution in [0.5, 0.6) is 0 Å². The molecule has 20 heavy (non-hydrogen) atoms. The molecule has 6 nitrogen and oxygen atoms in total. The van der Waals surface area contributed by atoms with Crippen LogP contribution in [0.1, 0.15) is 22.8 Å². The number of nitriles is 1. The minimum Gasteiger partial charge on any atom is -0.462 e. The Balaban J connectivity index is 2.58. The van der Waals surface area contributed by atoms with Gasteiger partial charge in [0.2, 0.25) is 0 Å². The average Bonchev–Trinajstić information content (AvgIpc) is 2.44. The number of hydrazine groups is 1. The molecular formula is C14H15N3O3. The largest absolute Gasteiger partial charge is 0.462 e. The Morgan fingerprint density at radius 3 is 2.55 bits per heavy atom. The summed E-state index contributed by atoms with van der Waals surface area (Å²) in [6, 6.07) is 8.65. The fraction of sp³-hybridized carbons (Fsp3) is 0.214. The van der Waals surface area contributed by atoms with Crippen LogP contribution in [0.2, 0.25) is 0 Å². The molecule has 0 bridgehead atoms. The third kappa shape index (κ3) is 4.46. The van der Waals surface area contributed by atoms with Crippen LogP contribution in [0.3, 0.4) is 0 Å². The van der Waals surface area contributed by atoms with Gasteiger partial charge >= 0.3 is 5.97 Å². The van der Waals surface area contributed by atoms with Crippen LogP contribution < -0.4 is 10.9 Å². The van der Waals surface area contributed by atoms with Crippen molar-refractivity contribution in [3.05, 3.63) is 47.2 Å². The highest BCUT2D eigenvalue weighted by Gasteiger charge is 2.09. The van der Waals surface area contributed by atoms with Gasteiger partial charge in [-0.3, -0.25) is 10.2 Å². The molecule has 104 valence electrons. The van der Waals surface area contributed by atoms with E-state index in [1.165, 1.54) is 0 Å². The second-order valence-electron chi connectivity index (χ2n) is 3.85. The first kappa shape index (κ1) is 15.2. The van der Waals surface area contributed by atoms with Crippen LogP contribution in [0.4, 0.5) is 0 Å². The van der Waals surface area contributed by atoms with Gasteiger partial charge in [0.05, 0.1) is 6.61 Å². The number of carbonyl (C=O) groups is 2. The molecule has 1 rings (SSSR count). The average molecular weight is 273 g/mol. The van der Waals surface area contributed by atoms with Gasteiger partial charge in [-0.2, -0.15) is 5.26 Å². The first-order valence-electron chi connectivity index (χ1n) is 5.98. The van der Waals surface area contributed by atoms with Crippen LogP contribution in [-0.2, 0) is 9.53 Å². The van der Waals surface area contributed by atoms with Crippen LogP contribution in [-0.4, -0.2) is 18.5 Å². The molecule has 0 unspecified atom stereocenters. The molecule has 6 heteroatoms. The quantitative estimate of drug-likeness (QED) is 0.364. The molecule has 0 heterocycles. The highest BCUT2D eigenvalue weighted by molar-refractivity contribution is 5.94. The zero-order valence-corrected chi connectivity index (χ0v) is 11.3. The van der Waals surface area contributed by atoms with Gasteiger partial charge in [-0.05, 0) is 26.0 Å². The Kier molecular flexibility index (Phi) is 5.78. The maximum atomic E-state index is 11.7. The number of nitrogens with one attached hydrogen (secondary N) is 2. The van der Waals surface area contributed by atoms with E-state index in [-0.39, 0.29) is 18.1 Å². The van der Waals surface area contributed by atoms with Crippen molar-refractivity contribution in [1.29, 1.82) is 5.26 Å². The van der Waals surface area contributed by atoms with Gasteiger partial charge in [0.1, 0.15) is 6.07 Å². The SMILES string of the molecule is CCOC(=O)/C(C#N)=C/NNC(=O)c1ccc(C)cc1. The first-order valence-corrected chi connectivity index (χ1v) is 5.98. The van der Waals surface area contributed by atoms with E-state index >= 15 is 0 Å². The lowest BCUT2D eigenvalue weighted by molar-refractivity contribution is -0.138. The molecule has 0 aromatic heterocycles. The van der Waals surface area contributed by atoms with E-state index in [0.29, 0.717) is 5.56 Å². The molecule has 1 aromatic carbocycles. The molecule has 0 spiro atoms. The summed E-state index contributed by atoms with van der Waals surface area (Å²) in [6.45, 7) is 3.73. The standard InChI is InChI=1S/C14H15N3O3/c1-3-20-14(19)12(8-15)9-16-17-13(18)11-6-4-10(2)5-7-11/h4-7,9,16H,3H2,1-2H3,(H,17,18)/b12-9+. The predicted octanol–water partition coefficient (Wildman–Crippen LogP) is 1.20. The molecule has 0 aliphatic heterocycles. The summed E-state index contributed by atoms with van der Waals surface area (Å²) in [6.07, 6.45) is 1.09. The number of benzene rings is 1. The second-order valence-corrected chi connectivity index (χ2v) is 3.85. The zero-order chi connectivity index (χ0) is 15.0. The van der Waals surface area contributed by atoms with Gasteiger partial charge < -0.3 is 10.2 Å². The molecule has 0 fully saturated rings. The zero-order valence-electron chi connectivity index (χ0n) is 11.3. The first-order chi connectivity index (χ1) is 9.58. The number of aryl methyl sites for hydroxylation is 1. The van der Waals surface area contributed by atoms with Crippen molar-refractivity contribution < 1.29 is 14.3 Å². The van der Waals surface area contributed by atoms with E-state index < -0.39 is 5.97 Å². The van der Waals surface area contributed by atoms with Gasteiger partial charge in [0.25, 0.3) is 5.91 Å². The number of amides is 1. The van der Waals surface area contributed by atoms with Crippen LogP contribution >= 0.6 is 0 Å². The third-order valence-corrected chi connectivity index (χ3v) is 2.33. The Bertz CT molecular complexity index is 556. The van der Waals surface area contributed by atoms with Crippen LogP contribution in [0.25, 0.3) is 0 Å². The number of hydrogen-bond donors (Lipinski definition) is 2. The molecule has 1 amide bonds. The fourth-order valence-corrected chi connectivity index (χ4v) is 1.30. The Morgan fingerprint density at radius 1 is 1.35 bits per heavy atom. The fourth-order valence-electron chi connectivity index (χ4n) is 1.30. The summed E-state index contributed by atoms with van der Waals surface area (Å²) < 4.78 is 4.67. The number of rotatable bonds is 5. The highest BCUT2D eigenvalue weighted by atomic mass is 16.5. The van der Waals surface area contributed by atoms with Gasteiger partial charge in [-0.25, -0.2) is 4.79 Å². The summed E-state index contributed by atoms with van der Waals surface area (Å²) in [7, 11) is 0. The van der Waals surface area contributed by atoms with Crippen molar-refractivity contribution in [2.75, 3.05) is 6.61 Å². The Hall–Kier alpha value is -2.81. The number of carbonyl (C=O) groups excluding carboxylic acids is 2. The Morgan fingerprint density at radius 2 is 2.00 bits per heavy atom. The van der Waals surface area contributed by atoms with Crippen molar-refractivity contribution in [2.24, 2.45) is 0 Å². The lowest BCUT2D eigenvalue weighted by atomic mass is 10.1. The van der Waals surface area contributed by atoms with E-state index in [1.54, 1.807) is 25.1 Å². The molecule has 0 saturated heterocycles. The van der Waals surface area contributed by atoms with Gasteiger partial charge in [0.15, 0.2) is 5.57 Å². The minimum atomic E-state index is -0.743. The maximum Gasteiger partial charge on any atom is 0.350 e. The van der Waals surface area contributed by atoms with E-state index in [4.69, 9.17) is 5.26 Å². The van der Waals surface area contributed by atoms with Crippen molar-refractivity contribution in [3.63, 3.8) is 0 Å². The monoisotopic (exact) mass is 273 g/mol. The molecule has 1 aromatic rings. The van der Waals surface area contributed by atoms with Gasteiger partial charge in [-0.15, -0.1) is 0 Å². The summed E-state index contributed by atoms with van der Waals surface area (Å²) in [5, 5.41) is 8.76. The van der Waals surface area contributed by atoms with Crippen LogP contribution in [0.15, 0.2) is 36.0 Å². The van der Waals surface area contributed by atoms with E-state index in [2.05, 4.69) is 15.6 Å². The van der Waals surface area contributed by atoms with Crippen LogP contribution in [0, 0.1) is 18.3 Å². The van der Waals surface area contributed by atoms with Gasteiger partial charge in [0, 0.05) is 11.8 Å². The number of ether oxygens (including phenoxy) is 1. The lowest BCUT2D eigenvalue weighted by Gasteiger charge is -2.05. The van der Waals surface area contributed by atoms with Crippen molar-refractivity contribution in [2.45, 2.75) is 13.8 Å². The maximum absolute atomic E-state index is 11.7. The number of esters is 1. The number of hydrogen-bond acceptors (Lipinski definition) is 5. The molecule has 0 radical (unpaired) electrons. The van der Waals surface area contributed by atoms with Gasteiger partial charge in [-0.1, -0.05) is 17.7 Å². The molecule has 0 aliphatic rings. The molecular weight excluding hydrogens is 258 g/mol. The van der Waals surface area contributed by atoms with E-state index in [1.807, 2.05) is 19.1 Å². The number of nitrogens with zero attached hydrogens (tertiary/aromatic N) is 1. The topological polar surface area (TPSA) is 91.2 Å². The summed E-state index contributed by atoms with van der Waals surface area (Å²) in [5.41, 5.74) is 6.04. The third-order valence-electron chi connectivity index (χ3n) is 2.33. The summed E-state index contributed by atoms with van der Waals surface area (Å²) in [5.74, 6) is -1.12. The van der Waals surface area contributed by atoms with E-state index in [9.17, 15) is 9.59 Å². The highest BCUT2D eigenvalue weighted by Crippen LogP contribution is 2.02. The second kappa shape index (κ2) is 7.59. The summed E-state index contributed by atoms with van der Waals surface area (Å²) in [4.78, 5) is 23.0. The molecule has 0 saturated carbocycles. The normalized spacial score (nSPS) is 10.3. The summed E-state index contributed by atoms with van der Waals surface area (Å²) >= 11 is 0. The van der Waals surface area contributed by atoms with Crippen molar-refractivity contribution >= 4 is 11.9 Å². The molecule has 0 aliphatic carbocycles. The van der Waals surface area contributed by atoms with E-state index in [0.717, 1.165) is 11.8 Å². The predicted molar refractivity (Wildman–Crippen MR) is 72.1 cm³/mol. The smallest absolute Gasteiger partial charge is 0.350 e. The lowest BCUT2D eigenvalue weighted by Crippen LogP contribution is -2.34. The van der Waals surface area contributed by atoms with Crippen molar-refractivity contribution in [1.82, 2.24) is 10.9 Å². The van der Waals surface area contributed by atoms with Crippen molar-refractivity contribution in [3.8, 4) is 6.07 Å².